The number of rotatable bonds is 6. The molecule has 19 heavy (non-hydrogen) atoms. The topological polar surface area (TPSA) is 60.9 Å². The molecule has 2 aromatic rings. The van der Waals surface area contributed by atoms with Gasteiger partial charge in [0.05, 0.1) is 11.0 Å². The van der Waals surface area contributed by atoms with E-state index in [2.05, 4.69) is 29.1 Å². The molecule has 5 heteroatoms. The fourth-order valence-electron chi connectivity index (χ4n) is 2.03. The summed E-state index contributed by atoms with van der Waals surface area (Å²) in [5.74, 6) is 0.378. The van der Waals surface area contributed by atoms with Gasteiger partial charge < -0.3 is 15.4 Å². The van der Waals surface area contributed by atoms with Crippen molar-refractivity contribution in [1.82, 2.24) is 9.97 Å². The smallest absolute Gasteiger partial charge is 0.201 e. The zero-order valence-corrected chi connectivity index (χ0v) is 11.3. The lowest BCUT2D eigenvalue weighted by molar-refractivity contribution is 0.247. The maximum atomic E-state index is 13.1. The number of anilines is 1. The molecule has 0 fully saturated rings. The molecule has 0 saturated heterocycles. The summed E-state index contributed by atoms with van der Waals surface area (Å²) < 4.78 is 13.1. The lowest BCUT2D eigenvalue weighted by Crippen LogP contribution is -2.23. The molecule has 0 aliphatic carbocycles. The third-order valence-electron chi connectivity index (χ3n) is 3.19. The molecular formula is C14H20FN3O. The Bertz CT molecular complexity index is 551. The molecule has 1 aromatic carbocycles. The molecule has 4 nitrogen and oxygen atoms in total. The zero-order chi connectivity index (χ0) is 13.9. The Labute approximate surface area is 112 Å². The van der Waals surface area contributed by atoms with Gasteiger partial charge in [0, 0.05) is 13.2 Å². The number of aliphatic hydroxyl groups is 1. The summed E-state index contributed by atoms with van der Waals surface area (Å²) >= 11 is 0. The van der Waals surface area contributed by atoms with E-state index >= 15 is 0 Å². The van der Waals surface area contributed by atoms with Crippen molar-refractivity contribution in [1.29, 1.82) is 0 Å². The van der Waals surface area contributed by atoms with Crippen molar-refractivity contribution in [2.45, 2.75) is 26.7 Å². The van der Waals surface area contributed by atoms with Gasteiger partial charge in [0.1, 0.15) is 5.82 Å². The van der Waals surface area contributed by atoms with Gasteiger partial charge in [-0.1, -0.05) is 13.8 Å². The summed E-state index contributed by atoms with van der Waals surface area (Å²) in [4.78, 5) is 7.41. The second-order valence-corrected chi connectivity index (χ2v) is 5.59. The van der Waals surface area contributed by atoms with Gasteiger partial charge in [0.25, 0.3) is 0 Å². The summed E-state index contributed by atoms with van der Waals surface area (Å²) in [6.07, 6.45) is 1.73. The van der Waals surface area contributed by atoms with Crippen LogP contribution >= 0.6 is 0 Å². The molecule has 0 radical (unpaired) electrons. The summed E-state index contributed by atoms with van der Waals surface area (Å²) in [6, 6.07) is 4.49. The normalized spacial score (nSPS) is 12.0. The molecule has 1 heterocycles. The minimum absolute atomic E-state index is 0.0763. The molecule has 0 spiro atoms. The predicted octanol–water partition coefficient (Wildman–Crippen LogP) is 2.91. The van der Waals surface area contributed by atoms with Crippen LogP contribution in [-0.2, 0) is 0 Å². The van der Waals surface area contributed by atoms with Crippen LogP contribution in [0.3, 0.4) is 0 Å². The molecule has 2 rings (SSSR count). The van der Waals surface area contributed by atoms with E-state index in [1.165, 1.54) is 12.1 Å². The van der Waals surface area contributed by atoms with E-state index in [0.717, 1.165) is 24.9 Å². The third-order valence-corrected chi connectivity index (χ3v) is 3.19. The maximum absolute atomic E-state index is 13.1. The second kappa shape index (κ2) is 5.57. The van der Waals surface area contributed by atoms with E-state index < -0.39 is 0 Å². The van der Waals surface area contributed by atoms with E-state index in [9.17, 15) is 4.39 Å². The molecule has 0 atom stereocenters. The average Bonchev–Trinajstić information content (AvgIpc) is 2.76. The highest BCUT2D eigenvalue weighted by molar-refractivity contribution is 5.77. The highest BCUT2D eigenvalue weighted by atomic mass is 19.1. The van der Waals surface area contributed by atoms with E-state index in [-0.39, 0.29) is 17.8 Å². The Morgan fingerprint density at radius 3 is 2.95 bits per heavy atom. The largest absolute Gasteiger partial charge is 0.396 e. The number of nitrogens with one attached hydrogen (secondary N) is 2. The number of halogens is 1. The lowest BCUT2D eigenvalue weighted by Gasteiger charge is -2.24. The number of fused-ring (bicyclic) bond motifs is 1. The Morgan fingerprint density at radius 2 is 2.21 bits per heavy atom. The zero-order valence-electron chi connectivity index (χ0n) is 11.3. The lowest BCUT2D eigenvalue weighted by atomic mass is 9.88. The van der Waals surface area contributed by atoms with E-state index in [0.29, 0.717) is 11.5 Å². The molecule has 0 saturated carbocycles. The fraction of sp³-hybridized carbons (Fsp3) is 0.500. The molecular weight excluding hydrogens is 245 g/mol. The van der Waals surface area contributed by atoms with Crippen molar-refractivity contribution < 1.29 is 9.50 Å². The molecule has 0 unspecified atom stereocenters. The first-order chi connectivity index (χ1) is 9.00. The van der Waals surface area contributed by atoms with E-state index in [4.69, 9.17) is 5.11 Å². The SMILES string of the molecule is CC(C)(CCCO)CNc1nc2ccc(F)cc2[nH]1. The highest BCUT2D eigenvalue weighted by Crippen LogP contribution is 2.23. The van der Waals surface area contributed by atoms with Gasteiger partial charge in [-0.3, -0.25) is 0 Å². The number of aromatic nitrogens is 2. The Balaban J connectivity index is 2.01. The first-order valence-electron chi connectivity index (χ1n) is 6.50. The van der Waals surface area contributed by atoms with Gasteiger partial charge in [-0.05, 0) is 36.5 Å². The van der Waals surface area contributed by atoms with Crippen LogP contribution in [0.2, 0.25) is 0 Å². The predicted molar refractivity (Wildman–Crippen MR) is 74.6 cm³/mol. The van der Waals surface area contributed by atoms with Gasteiger partial charge in [-0.25, -0.2) is 9.37 Å². The summed E-state index contributed by atoms with van der Waals surface area (Å²) in [6.45, 7) is 5.23. The molecule has 0 bridgehead atoms. The molecule has 3 N–H and O–H groups in total. The van der Waals surface area contributed by atoms with Crippen LogP contribution in [0.1, 0.15) is 26.7 Å². The van der Waals surface area contributed by atoms with E-state index in [1.807, 2.05) is 0 Å². The maximum Gasteiger partial charge on any atom is 0.201 e. The summed E-state index contributed by atoms with van der Waals surface area (Å²) in [7, 11) is 0. The summed E-state index contributed by atoms with van der Waals surface area (Å²) in [5, 5.41) is 12.1. The van der Waals surface area contributed by atoms with Crippen LogP contribution in [-0.4, -0.2) is 28.2 Å². The standard InChI is InChI=1S/C14H20FN3O/c1-14(2,6-3-7-19)9-16-13-17-11-5-4-10(15)8-12(11)18-13/h4-5,8,19H,3,6-7,9H2,1-2H3,(H2,16,17,18). The van der Waals surface area contributed by atoms with Crippen LogP contribution in [0.15, 0.2) is 18.2 Å². The van der Waals surface area contributed by atoms with Crippen LogP contribution in [0.4, 0.5) is 10.3 Å². The molecule has 1 aromatic heterocycles. The van der Waals surface area contributed by atoms with Gasteiger partial charge in [-0.2, -0.15) is 0 Å². The van der Waals surface area contributed by atoms with Gasteiger partial charge in [-0.15, -0.1) is 0 Å². The summed E-state index contributed by atoms with van der Waals surface area (Å²) in [5.41, 5.74) is 1.51. The second-order valence-electron chi connectivity index (χ2n) is 5.59. The van der Waals surface area contributed by atoms with E-state index in [1.54, 1.807) is 6.07 Å². The van der Waals surface area contributed by atoms with Crippen molar-refractivity contribution in [3.63, 3.8) is 0 Å². The Hall–Kier alpha value is -1.62. The van der Waals surface area contributed by atoms with Crippen LogP contribution in [0.5, 0.6) is 0 Å². The minimum Gasteiger partial charge on any atom is -0.396 e. The van der Waals surface area contributed by atoms with Crippen molar-refractivity contribution in [3.05, 3.63) is 24.0 Å². The highest BCUT2D eigenvalue weighted by Gasteiger charge is 2.17. The van der Waals surface area contributed by atoms with Crippen LogP contribution < -0.4 is 5.32 Å². The Morgan fingerprint density at radius 1 is 1.42 bits per heavy atom. The number of hydrogen-bond donors (Lipinski definition) is 3. The fourth-order valence-corrected chi connectivity index (χ4v) is 2.03. The number of aliphatic hydroxyl groups excluding tert-OH is 1. The van der Waals surface area contributed by atoms with Gasteiger partial charge >= 0.3 is 0 Å². The Kier molecular flexibility index (Phi) is 4.04. The number of nitrogens with zero attached hydrogens (tertiary/aromatic N) is 1. The van der Waals surface area contributed by atoms with Crippen LogP contribution in [0, 0.1) is 11.2 Å². The number of H-pyrrole nitrogens is 1. The number of benzene rings is 1. The average molecular weight is 265 g/mol. The van der Waals surface area contributed by atoms with Crippen molar-refractivity contribution >= 4 is 17.0 Å². The number of imidazole rings is 1. The van der Waals surface area contributed by atoms with Gasteiger partial charge in [0.15, 0.2) is 0 Å². The number of hydrogen-bond acceptors (Lipinski definition) is 3. The quantitative estimate of drug-likeness (QED) is 0.752. The third kappa shape index (κ3) is 3.67. The monoisotopic (exact) mass is 265 g/mol. The number of aromatic amines is 1. The van der Waals surface area contributed by atoms with Crippen molar-refractivity contribution in [3.8, 4) is 0 Å². The van der Waals surface area contributed by atoms with Gasteiger partial charge in [0.2, 0.25) is 5.95 Å². The molecule has 0 amide bonds. The minimum atomic E-state index is -0.272. The van der Waals surface area contributed by atoms with Crippen LogP contribution in [0.25, 0.3) is 11.0 Å². The van der Waals surface area contributed by atoms with Crippen molar-refractivity contribution in [2.75, 3.05) is 18.5 Å². The molecule has 0 aliphatic rings. The first-order valence-corrected chi connectivity index (χ1v) is 6.50. The van der Waals surface area contributed by atoms with Crippen molar-refractivity contribution in [2.24, 2.45) is 5.41 Å². The molecule has 104 valence electrons. The first kappa shape index (κ1) is 13.8. The molecule has 0 aliphatic heterocycles.